The summed E-state index contributed by atoms with van der Waals surface area (Å²) in [5, 5.41) is 23.4. The molecule has 40 heavy (non-hydrogen) atoms. The van der Waals surface area contributed by atoms with Gasteiger partial charge in [-0.1, -0.05) is 17.7 Å². The van der Waals surface area contributed by atoms with E-state index in [0.717, 1.165) is 5.57 Å². The number of nitrogens with zero attached hydrogens (tertiary/aromatic N) is 1. The van der Waals surface area contributed by atoms with Gasteiger partial charge in [-0.3, -0.25) is 14.4 Å². The monoisotopic (exact) mass is 666 g/mol. The second kappa shape index (κ2) is 14.4. The molecule has 0 aromatic heterocycles. The van der Waals surface area contributed by atoms with Crippen LogP contribution in [-0.2, 0) is 16.1 Å². The molecule has 2 aromatic carbocycles. The number of allylic oxidation sites excluding steroid dienone is 1. The summed E-state index contributed by atoms with van der Waals surface area (Å²) in [6, 6.07) is 7.85. The van der Waals surface area contributed by atoms with Gasteiger partial charge in [-0.05, 0) is 72.3 Å². The molecule has 0 heterocycles. The average Bonchev–Trinajstić information content (AvgIpc) is 2.92. The third kappa shape index (κ3) is 7.89. The maximum Gasteiger partial charge on any atom is 0.247 e. The molecule has 0 aliphatic heterocycles. The zero-order valence-corrected chi connectivity index (χ0v) is 24.6. The van der Waals surface area contributed by atoms with Crippen molar-refractivity contribution in [1.82, 2.24) is 10.2 Å². The Bertz CT molecular complexity index is 1290. The highest BCUT2D eigenvalue weighted by Crippen LogP contribution is 2.37. The molecule has 0 bridgehead atoms. The number of amides is 2. The minimum absolute atomic E-state index is 0.000131. The molecular weight excluding hydrogens is 634 g/mol. The van der Waals surface area contributed by atoms with Crippen molar-refractivity contribution in [3.63, 3.8) is 0 Å². The smallest absolute Gasteiger partial charge is 0.247 e. The fourth-order valence-electron chi connectivity index (χ4n) is 4.31. The summed E-state index contributed by atoms with van der Waals surface area (Å²) >= 11 is 1.98. The van der Waals surface area contributed by atoms with Crippen LogP contribution in [0.15, 0.2) is 59.7 Å². The number of aldehydes is 1. The predicted octanol–water partition coefficient (Wildman–Crippen LogP) is 3.16. The normalized spacial score (nSPS) is 18.3. The van der Waals surface area contributed by atoms with E-state index in [1.54, 1.807) is 32.0 Å². The van der Waals surface area contributed by atoms with Gasteiger partial charge in [-0.25, -0.2) is 4.39 Å². The predicted molar refractivity (Wildman–Crippen MR) is 154 cm³/mol. The molecule has 1 aliphatic rings. The van der Waals surface area contributed by atoms with Crippen LogP contribution in [0.5, 0.6) is 11.5 Å². The van der Waals surface area contributed by atoms with E-state index in [0.29, 0.717) is 21.0 Å². The lowest BCUT2D eigenvalue weighted by Crippen LogP contribution is -2.54. The molecule has 1 aliphatic carbocycles. The quantitative estimate of drug-likeness (QED) is 0.191. The number of nitrogens with one attached hydrogen (secondary N) is 1. The van der Waals surface area contributed by atoms with Crippen molar-refractivity contribution in [3.05, 3.63) is 80.2 Å². The second-order valence-electron chi connectivity index (χ2n) is 9.48. The summed E-state index contributed by atoms with van der Waals surface area (Å²) < 4.78 is 25.7. The number of halogens is 2. The SMILES string of the molecule is COc1cc(C=O)cc(I)c1O[C@H]1C=C(C(=O)NCCO)C[C@@H](N(Cc2ccc(F)cc2)C(=O)C=C(C)C)[C@@H]1O. The van der Waals surface area contributed by atoms with Crippen LogP contribution >= 0.6 is 22.6 Å². The van der Waals surface area contributed by atoms with E-state index in [1.165, 1.54) is 42.4 Å². The van der Waals surface area contributed by atoms with Gasteiger partial charge in [-0.15, -0.1) is 0 Å². The van der Waals surface area contributed by atoms with Crippen LogP contribution in [0.25, 0.3) is 0 Å². The zero-order chi connectivity index (χ0) is 29.4. The third-order valence-corrected chi connectivity index (χ3v) is 7.02. The van der Waals surface area contributed by atoms with E-state index < -0.39 is 35.9 Å². The van der Waals surface area contributed by atoms with Gasteiger partial charge >= 0.3 is 0 Å². The number of carbonyl (C=O) groups is 3. The van der Waals surface area contributed by atoms with Gasteiger partial charge in [0.25, 0.3) is 0 Å². The Kier molecular flexibility index (Phi) is 11.2. The number of methoxy groups -OCH3 is 1. The Morgan fingerprint density at radius 3 is 2.52 bits per heavy atom. The molecule has 2 amide bonds. The molecule has 3 rings (SSSR count). The van der Waals surface area contributed by atoms with Crippen LogP contribution in [0.1, 0.15) is 36.2 Å². The highest BCUT2D eigenvalue weighted by molar-refractivity contribution is 14.1. The topological polar surface area (TPSA) is 125 Å². The van der Waals surface area contributed by atoms with Gasteiger partial charge in [0.05, 0.1) is 23.3 Å². The van der Waals surface area contributed by atoms with Gasteiger partial charge in [0.1, 0.15) is 24.3 Å². The molecule has 0 spiro atoms. The highest BCUT2D eigenvalue weighted by atomic mass is 127. The number of aliphatic hydroxyl groups excluding tert-OH is 2. The lowest BCUT2D eigenvalue weighted by molar-refractivity contribution is -0.134. The van der Waals surface area contributed by atoms with Crippen LogP contribution in [0.4, 0.5) is 4.39 Å². The lowest BCUT2D eigenvalue weighted by Gasteiger charge is -2.40. The summed E-state index contributed by atoms with van der Waals surface area (Å²) in [6.45, 7) is 3.32. The summed E-state index contributed by atoms with van der Waals surface area (Å²) in [5.41, 5.74) is 1.98. The first-order valence-corrected chi connectivity index (χ1v) is 13.6. The number of hydrogen-bond acceptors (Lipinski definition) is 7. The fourth-order valence-corrected chi connectivity index (χ4v) is 5.07. The molecule has 0 fully saturated rings. The fraction of sp³-hybridized carbons (Fsp3) is 0.345. The van der Waals surface area contributed by atoms with Crippen LogP contribution < -0.4 is 14.8 Å². The largest absolute Gasteiger partial charge is 0.493 e. The van der Waals surface area contributed by atoms with Crippen LogP contribution in [-0.4, -0.2) is 71.7 Å². The minimum atomic E-state index is -1.28. The van der Waals surface area contributed by atoms with Crippen LogP contribution in [0.2, 0.25) is 0 Å². The first-order valence-electron chi connectivity index (χ1n) is 12.5. The first kappa shape index (κ1) is 31.2. The molecule has 0 saturated heterocycles. The van der Waals surface area contributed by atoms with Gasteiger partial charge in [-0.2, -0.15) is 0 Å². The number of benzene rings is 2. The number of aliphatic hydroxyl groups is 2. The molecule has 3 N–H and O–H groups in total. The Balaban J connectivity index is 2.07. The minimum Gasteiger partial charge on any atom is -0.493 e. The Morgan fingerprint density at radius 1 is 1.23 bits per heavy atom. The van der Waals surface area contributed by atoms with Gasteiger partial charge in [0.15, 0.2) is 11.5 Å². The number of ether oxygens (including phenoxy) is 2. The molecule has 0 saturated carbocycles. The van der Waals surface area contributed by atoms with Crippen molar-refractivity contribution >= 4 is 40.7 Å². The molecule has 0 radical (unpaired) electrons. The summed E-state index contributed by atoms with van der Waals surface area (Å²) in [7, 11) is 1.42. The van der Waals surface area contributed by atoms with Crippen molar-refractivity contribution in [3.8, 4) is 11.5 Å². The Hall–Kier alpha value is -3.29. The van der Waals surface area contributed by atoms with E-state index >= 15 is 0 Å². The summed E-state index contributed by atoms with van der Waals surface area (Å²) in [6.07, 6.45) is 1.22. The van der Waals surface area contributed by atoms with E-state index in [2.05, 4.69) is 5.32 Å². The first-order chi connectivity index (χ1) is 19.1. The van der Waals surface area contributed by atoms with Crippen molar-refractivity contribution in [1.29, 1.82) is 0 Å². The van der Waals surface area contributed by atoms with Crippen molar-refractivity contribution in [2.75, 3.05) is 20.3 Å². The van der Waals surface area contributed by atoms with Crippen molar-refractivity contribution in [2.24, 2.45) is 0 Å². The van der Waals surface area contributed by atoms with E-state index in [9.17, 15) is 29.0 Å². The maximum absolute atomic E-state index is 13.6. The van der Waals surface area contributed by atoms with Gasteiger partial charge in [0.2, 0.25) is 11.8 Å². The van der Waals surface area contributed by atoms with Gasteiger partial charge < -0.3 is 29.9 Å². The third-order valence-electron chi connectivity index (χ3n) is 6.22. The maximum atomic E-state index is 13.6. The van der Waals surface area contributed by atoms with E-state index in [-0.39, 0.29) is 43.2 Å². The number of carbonyl (C=O) groups excluding carboxylic acids is 3. The number of rotatable bonds is 11. The molecule has 214 valence electrons. The molecule has 3 atom stereocenters. The lowest BCUT2D eigenvalue weighted by atomic mass is 9.87. The average molecular weight is 666 g/mol. The van der Waals surface area contributed by atoms with Crippen molar-refractivity contribution < 1.29 is 38.5 Å². The zero-order valence-electron chi connectivity index (χ0n) is 22.4. The van der Waals surface area contributed by atoms with E-state index in [1.807, 2.05) is 22.6 Å². The van der Waals surface area contributed by atoms with Crippen LogP contribution in [0, 0.1) is 9.39 Å². The number of hydrogen-bond donors (Lipinski definition) is 3. The Morgan fingerprint density at radius 2 is 1.93 bits per heavy atom. The molecular formula is C29H32FIN2O7. The highest BCUT2D eigenvalue weighted by Gasteiger charge is 2.40. The van der Waals surface area contributed by atoms with E-state index in [4.69, 9.17) is 9.47 Å². The van der Waals surface area contributed by atoms with Crippen LogP contribution in [0.3, 0.4) is 0 Å². The molecule has 11 heteroatoms. The summed E-state index contributed by atoms with van der Waals surface area (Å²) in [5.74, 6) is -0.787. The molecule has 0 unspecified atom stereocenters. The standard InChI is InChI=1S/C29H32FIN2O7/c1-17(2)10-26(36)33(15-18-4-6-21(30)7-5-18)23-13-20(29(38)32-8-9-34)14-24(27(23)37)40-28-22(31)11-19(16-35)12-25(28)39-3/h4-7,10-12,14,16,23-24,27,34,37H,8-9,13,15H2,1-3H3,(H,32,38)/t23-,24+,27+/m1/s1. The molecule has 2 aromatic rings. The second-order valence-corrected chi connectivity index (χ2v) is 10.6. The van der Waals surface area contributed by atoms with Crippen molar-refractivity contribution in [2.45, 2.75) is 45.1 Å². The molecule has 9 nitrogen and oxygen atoms in total. The van der Waals surface area contributed by atoms with Gasteiger partial charge in [0, 0.05) is 36.7 Å². The summed E-state index contributed by atoms with van der Waals surface area (Å²) in [4.78, 5) is 39.2. The Labute approximate surface area is 245 Å².